The highest BCUT2D eigenvalue weighted by Gasteiger charge is 2.34. The first-order valence-corrected chi connectivity index (χ1v) is 11.0. The van der Waals surface area contributed by atoms with Gasteiger partial charge in [-0.1, -0.05) is 32.1 Å². The normalized spacial score (nSPS) is 18.6. The molecule has 0 aromatic heterocycles. The van der Waals surface area contributed by atoms with Gasteiger partial charge >= 0.3 is 6.09 Å². The summed E-state index contributed by atoms with van der Waals surface area (Å²) in [5.41, 5.74) is 4.90. The number of aliphatic hydroxyl groups excluding tert-OH is 1. The SMILES string of the molecule is COCCOCO[C@H]([C@H](CC1CCCCC1)NC(=O)OC(C)(C)C)[C@@H](O)CNCN. The number of aliphatic hydroxyl groups is 1. The van der Waals surface area contributed by atoms with Gasteiger partial charge in [-0.2, -0.15) is 0 Å². The summed E-state index contributed by atoms with van der Waals surface area (Å²) in [5, 5.41) is 16.6. The Kier molecular flexibility index (Phi) is 13.5. The molecule has 30 heavy (non-hydrogen) atoms. The van der Waals surface area contributed by atoms with Crippen LogP contribution in [0.2, 0.25) is 0 Å². The van der Waals surface area contributed by atoms with Crippen molar-refractivity contribution in [2.45, 2.75) is 83.1 Å². The summed E-state index contributed by atoms with van der Waals surface area (Å²) in [6.45, 7) is 6.77. The third kappa shape index (κ3) is 12.0. The zero-order valence-electron chi connectivity index (χ0n) is 19.2. The highest BCUT2D eigenvalue weighted by atomic mass is 16.7. The number of nitrogens with one attached hydrogen (secondary N) is 2. The predicted molar refractivity (Wildman–Crippen MR) is 115 cm³/mol. The summed E-state index contributed by atoms with van der Waals surface area (Å²) in [5.74, 6) is 0.467. The average Bonchev–Trinajstić information content (AvgIpc) is 2.68. The lowest BCUT2D eigenvalue weighted by molar-refractivity contribution is -0.140. The van der Waals surface area contributed by atoms with Crippen LogP contribution in [0.4, 0.5) is 4.79 Å². The minimum Gasteiger partial charge on any atom is -0.444 e. The molecule has 0 bridgehead atoms. The van der Waals surface area contributed by atoms with Crippen molar-refractivity contribution in [1.82, 2.24) is 10.6 Å². The van der Waals surface area contributed by atoms with Crippen LogP contribution in [-0.2, 0) is 18.9 Å². The van der Waals surface area contributed by atoms with Crippen molar-refractivity contribution in [3.8, 4) is 0 Å². The molecular weight excluding hydrogens is 390 g/mol. The number of hydrogen-bond acceptors (Lipinski definition) is 8. The molecule has 1 fully saturated rings. The fraction of sp³-hybridized carbons (Fsp3) is 0.952. The van der Waals surface area contributed by atoms with Gasteiger partial charge in [-0.15, -0.1) is 0 Å². The Bertz CT molecular complexity index is 455. The number of nitrogens with two attached hydrogens (primary N) is 1. The fourth-order valence-corrected chi connectivity index (χ4v) is 3.69. The van der Waals surface area contributed by atoms with Crippen LogP contribution in [0.15, 0.2) is 0 Å². The highest BCUT2D eigenvalue weighted by Crippen LogP contribution is 2.29. The van der Waals surface area contributed by atoms with Gasteiger partial charge in [0, 0.05) is 20.3 Å². The standard InChI is InChI=1S/C21H43N3O6/c1-21(2,3)30-20(26)24-17(12-16-8-6-5-7-9-16)19(18(25)13-23-14-22)29-15-28-11-10-27-4/h16-19,23,25H,5-15,22H2,1-4H3,(H,24,26)/t17-,18-,19+/m0/s1. The third-order valence-corrected chi connectivity index (χ3v) is 5.06. The smallest absolute Gasteiger partial charge is 0.407 e. The lowest BCUT2D eigenvalue weighted by Crippen LogP contribution is -2.54. The first-order chi connectivity index (χ1) is 14.3. The monoisotopic (exact) mass is 433 g/mol. The quantitative estimate of drug-likeness (QED) is 0.241. The van der Waals surface area contributed by atoms with Gasteiger partial charge in [-0.3, -0.25) is 0 Å². The van der Waals surface area contributed by atoms with Crippen LogP contribution < -0.4 is 16.4 Å². The molecular formula is C21H43N3O6. The van der Waals surface area contributed by atoms with Gasteiger partial charge in [0.25, 0.3) is 0 Å². The maximum atomic E-state index is 12.5. The Labute approximate surface area is 181 Å². The Morgan fingerprint density at radius 1 is 1.20 bits per heavy atom. The lowest BCUT2D eigenvalue weighted by Gasteiger charge is -2.35. The van der Waals surface area contributed by atoms with E-state index in [1.165, 1.54) is 19.3 Å². The number of amides is 1. The topological polar surface area (TPSA) is 124 Å². The molecule has 0 radical (unpaired) electrons. The Morgan fingerprint density at radius 3 is 2.50 bits per heavy atom. The summed E-state index contributed by atoms with van der Waals surface area (Å²) in [6, 6.07) is -0.413. The molecule has 0 aromatic carbocycles. The first-order valence-electron chi connectivity index (χ1n) is 11.0. The van der Waals surface area contributed by atoms with E-state index in [1.807, 2.05) is 20.8 Å². The largest absolute Gasteiger partial charge is 0.444 e. The van der Waals surface area contributed by atoms with Crippen molar-refractivity contribution in [1.29, 1.82) is 0 Å². The highest BCUT2D eigenvalue weighted by molar-refractivity contribution is 5.68. The number of hydrogen-bond donors (Lipinski definition) is 4. The van der Waals surface area contributed by atoms with Gasteiger partial charge in [-0.25, -0.2) is 4.79 Å². The average molecular weight is 434 g/mol. The van der Waals surface area contributed by atoms with E-state index in [9.17, 15) is 9.90 Å². The summed E-state index contributed by atoms with van der Waals surface area (Å²) in [7, 11) is 1.60. The molecule has 1 aliphatic carbocycles. The summed E-state index contributed by atoms with van der Waals surface area (Å²) >= 11 is 0. The molecule has 178 valence electrons. The van der Waals surface area contributed by atoms with Crippen molar-refractivity contribution in [2.24, 2.45) is 11.7 Å². The molecule has 0 spiro atoms. The van der Waals surface area contributed by atoms with Crippen molar-refractivity contribution < 1.29 is 28.8 Å². The molecule has 0 saturated heterocycles. The van der Waals surface area contributed by atoms with Gasteiger partial charge in [0.15, 0.2) is 0 Å². The zero-order valence-corrected chi connectivity index (χ0v) is 19.2. The number of ether oxygens (including phenoxy) is 4. The Balaban J connectivity index is 2.87. The van der Waals surface area contributed by atoms with E-state index in [-0.39, 0.29) is 20.0 Å². The molecule has 9 heteroatoms. The predicted octanol–water partition coefficient (Wildman–Crippen LogP) is 1.72. The van der Waals surface area contributed by atoms with Crippen LogP contribution in [0, 0.1) is 5.92 Å². The van der Waals surface area contributed by atoms with Gasteiger partial charge in [-0.05, 0) is 33.1 Å². The fourth-order valence-electron chi connectivity index (χ4n) is 3.69. The van der Waals surface area contributed by atoms with Gasteiger partial charge < -0.3 is 40.4 Å². The Hall–Kier alpha value is -0.970. The first kappa shape index (κ1) is 27.1. The molecule has 1 rings (SSSR count). The maximum absolute atomic E-state index is 12.5. The summed E-state index contributed by atoms with van der Waals surface area (Å²) < 4.78 is 21.8. The number of carbonyl (C=O) groups excluding carboxylic acids is 1. The summed E-state index contributed by atoms with van der Waals surface area (Å²) in [4.78, 5) is 12.5. The molecule has 1 aliphatic rings. The van der Waals surface area contributed by atoms with Crippen LogP contribution in [0.5, 0.6) is 0 Å². The molecule has 0 aliphatic heterocycles. The van der Waals surface area contributed by atoms with E-state index >= 15 is 0 Å². The van der Waals surface area contributed by atoms with Crippen molar-refractivity contribution >= 4 is 6.09 Å². The molecule has 0 heterocycles. The second-order valence-corrected chi connectivity index (χ2v) is 8.87. The second kappa shape index (κ2) is 14.9. The molecule has 1 saturated carbocycles. The van der Waals surface area contributed by atoms with Gasteiger partial charge in [0.05, 0.1) is 25.4 Å². The van der Waals surface area contributed by atoms with Crippen LogP contribution in [0.25, 0.3) is 0 Å². The number of rotatable bonds is 14. The molecule has 0 aromatic rings. The molecule has 0 unspecified atom stereocenters. The minimum atomic E-state index is -0.872. The van der Waals surface area contributed by atoms with E-state index in [0.29, 0.717) is 25.6 Å². The molecule has 9 nitrogen and oxygen atoms in total. The third-order valence-electron chi connectivity index (χ3n) is 5.06. The number of methoxy groups -OCH3 is 1. The second-order valence-electron chi connectivity index (χ2n) is 8.87. The van der Waals surface area contributed by atoms with Crippen molar-refractivity contribution in [3.63, 3.8) is 0 Å². The molecule has 5 N–H and O–H groups in total. The Morgan fingerprint density at radius 2 is 1.90 bits per heavy atom. The summed E-state index contributed by atoms with van der Waals surface area (Å²) in [6.07, 6.45) is 4.50. The van der Waals surface area contributed by atoms with Crippen LogP contribution in [0.3, 0.4) is 0 Å². The lowest BCUT2D eigenvalue weighted by atomic mass is 9.83. The van der Waals surface area contributed by atoms with E-state index in [0.717, 1.165) is 12.8 Å². The van der Waals surface area contributed by atoms with Crippen molar-refractivity contribution in [3.05, 3.63) is 0 Å². The van der Waals surface area contributed by atoms with Crippen LogP contribution in [-0.4, -0.2) is 75.4 Å². The van der Waals surface area contributed by atoms with E-state index < -0.39 is 29.9 Å². The zero-order chi connectivity index (χ0) is 22.4. The molecule has 3 atom stereocenters. The maximum Gasteiger partial charge on any atom is 0.407 e. The van der Waals surface area contributed by atoms with Gasteiger partial charge in [0.2, 0.25) is 0 Å². The molecule has 1 amide bonds. The van der Waals surface area contributed by atoms with E-state index in [4.69, 9.17) is 24.7 Å². The minimum absolute atomic E-state index is 0.00905. The number of carbonyl (C=O) groups is 1. The van der Waals surface area contributed by atoms with Crippen LogP contribution >= 0.6 is 0 Å². The van der Waals surface area contributed by atoms with E-state index in [1.54, 1.807) is 7.11 Å². The van der Waals surface area contributed by atoms with Gasteiger partial charge in [0.1, 0.15) is 18.5 Å². The van der Waals surface area contributed by atoms with Crippen LogP contribution in [0.1, 0.15) is 59.3 Å². The van der Waals surface area contributed by atoms with E-state index in [2.05, 4.69) is 10.6 Å². The van der Waals surface area contributed by atoms with Crippen molar-refractivity contribution in [2.75, 3.05) is 40.3 Å². The number of alkyl carbamates (subject to hydrolysis) is 1.